The van der Waals surface area contributed by atoms with E-state index < -0.39 is 12.0 Å². The highest BCUT2D eigenvalue weighted by Crippen LogP contribution is 2.41. The average molecular weight is 155 g/mol. The molecule has 1 aliphatic heterocycles. The van der Waals surface area contributed by atoms with Crippen LogP contribution in [0.1, 0.15) is 12.8 Å². The number of carboxylic acids is 1. The van der Waals surface area contributed by atoms with Gasteiger partial charge in [0.2, 0.25) is 5.91 Å². The van der Waals surface area contributed by atoms with E-state index in [9.17, 15) is 9.59 Å². The van der Waals surface area contributed by atoms with Crippen molar-refractivity contribution in [3.8, 4) is 0 Å². The average Bonchev–Trinajstić information content (AvgIpc) is 2.02. The fourth-order valence-electron chi connectivity index (χ4n) is 1.86. The summed E-state index contributed by atoms with van der Waals surface area (Å²) >= 11 is 0. The molecule has 0 radical (unpaired) electrons. The van der Waals surface area contributed by atoms with Crippen molar-refractivity contribution in [3.05, 3.63) is 0 Å². The van der Waals surface area contributed by atoms with Crippen molar-refractivity contribution >= 4 is 11.9 Å². The Bertz CT molecular complexity index is 226. The molecule has 1 amide bonds. The lowest BCUT2D eigenvalue weighted by Gasteiger charge is -2.28. The number of hydrogen-bond acceptors (Lipinski definition) is 2. The highest BCUT2D eigenvalue weighted by molar-refractivity contribution is 5.90. The van der Waals surface area contributed by atoms with Gasteiger partial charge in [-0.25, -0.2) is 4.79 Å². The van der Waals surface area contributed by atoms with Crippen molar-refractivity contribution in [2.24, 2.45) is 11.8 Å². The van der Waals surface area contributed by atoms with Gasteiger partial charge in [-0.15, -0.1) is 0 Å². The molecule has 0 bridgehead atoms. The maximum absolute atomic E-state index is 11.0. The SMILES string of the molecule is O=C1N[C@@H](C(=O)O)[C@@H]2CC[C@H]12. The molecule has 3 atom stereocenters. The highest BCUT2D eigenvalue weighted by Gasteiger charge is 2.50. The molecule has 1 aliphatic carbocycles. The fourth-order valence-corrected chi connectivity index (χ4v) is 1.86. The molecule has 0 spiro atoms. The van der Waals surface area contributed by atoms with Gasteiger partial charge in [0.15, 0.2) is 0 Å². The van der Waals surface area contributed by atoms with Gasteiger partial charge in [-0.1, -0.05) is 0 Å². The van der Waals surface area contributed by atoms with Crippen molar-refractivity contribution in [2.75, 3.05) is 0 Å². The number of aliphatic carboxylic acids is 1. The van der Waals surface area contributed by atoms with Gasteiger partial charge in [-0.3, -0.25) is 4.79 Å². The smallest absolute Gasteiger partial charge is 0.326 e. The Morgan fingerprint density at radius 2 is 2.27 bits per heavy atom. The van der Waals surface area contributed by atoms with Gasteiger partial charge < -0.3 is 10.4 Å². The van der Waals surface area contributed by atoms with Crippen LogP contribution in [0.3, 0.4) is 0 Å². The van der Waals surface area contributed by atoms with Gasteiger partial charge in [0, 0.05) is 11.8 Å². The standard InChI is InChI=1S/C7H9NO3/c9-6-4-2-1-3(4)5(8-6)7(10)11/h3-5H,1-2H2,(H,8,9)(H,10,11)/t3-,4+,5-/m1/s1. The summed E-state index contributed by atoms with van der Waals surface area (Å²) in [6.07, 6.45) is 1.74. The van der Waals surface area contributed by atoms with Crippen LogP contribution in [0, 0.1) is 11.8 Å². The number of carboxylic acid groups (broad SMARTS) is 1. The van der Waals surface area contributed by atoms with E-state index in [-0.39, 0.29) is 17.7 Å². The molecular weight excluding hydrogens is 146 g/mol. The van der Waals surface area contributed by atoms with Crippen LogP contribution in [0.25, 0.3) is 0 Å². The lowest BCUT2D eigenvalue weighted by molar-refractivity contribution is -0.141. The van der Waals surface area contributed by atoms with E-state index in [0.29, 0.717) is 0 Å². The molecule has 2 rings (SSSR count). The second kappa shape index (κ2) is 1.96. The maximum atomic E-state index is 11.0. The first kappa shape index (κ1) is 6.64. The molecule has 60 valence electrons. The molecule has 2 fully saturated rings. The van der Waals surface area contributed by atoms with Gasteiger partial charge in [0.1, 0.15) is 6.04 Å². The Hall–Kier alpha value is -1.06. The van der Waals surface area contributed by atoms with Gasteiger partial charge in [-0.05, 0) is 12.8 Å². The molecular formula is C7H9NO3. The van der Waals surface area contributed by atoms with E-state index in [1.54, 1.807) is 0 Å². The van der Waals surface area contributed by atoms with Crippen LogP contribution >= 0.6 is 0 Å². The summed E-state index contributed by atoms with van der Waals surface area (Å²) in [5, 5.41) is 11.1. The van der Waals surface area contributed by atoms with E-state index in [1.165, 1.54) is 0 Å². The van der Waals surface area contributed by atoms with E-state index in [2.05, 4.69) is 5.32 Å². The number of fused-ring (bicyclic) bond motifs is 1. The zero-order chi connectivity index (χ0) is 8.01. The first-order valence-electron chi connectivity index (χ1n) is 3.73. The van der Waals surface area contributed by atoms with Crippen molar-refractivity contribution < 1.29 is 14.7 Å². The van der Waals surface area contributed by atoms with Gasteiger partial charge >= 0.3 is 5.97 Å². The lowest BCUT2D eigenvalue weighted by atomic mass is 9.73. The van der Waals surface area contributed by atoms with Crippen LogP contribution in [0.2, 0.25) is 0 Å². The summed E-state index contributed by atoms with van der Waals surface area (Å²) in [5.74, 6) is -0.907. The lowest BCUT2D eigenvalue weighted by Crippen LogP contribution is -2.38. The molecule has 0 unspecified atom stereocenters. The molecule has 1 saturated carbocycles. The summed E-state index contributed by atoms with van der Waals surface area (Å²) in [5.41, 5.74) is 0. The molecule has 11 heavy (non-hydrogen) atoms. The quantitative estimate of drug-likeness (QED) is 0.541. The van der Waals surface area contributed by atoms with Crippen molar-refractivity contribution in [1.82, 2.24) is 5.32 Å². The van der Waals surface area contributed by atoms with E-state index in [4.69, 9.17) is 5.11 Å². The van der Waals surface area contributed by atoms with Gasteiger partial charge in [0.25, 0.3) is 0 Å². The van der Waals surface area contributed by atoms with Crippen molar-refractivity contribution in [1.29, 1.82) is 0 Å². The zero-order valence-corrected chi connectivity index (χ0v) is 5.91. The normalized spacial score (nSPS) is 40.7. The minimum Gasteiger partial charge on any atom is -0.480 e. The third-order valence-corrected chi connectivity index (χ3v) is 2.66. The van der Waals surface area contributed by atoms with Gasteiger partial charge in [-0.2, -0.15) is 0 Å². The number of carbonyl (C=O) groups is 2. The molecule has 4 heteroatoms. The Balaban J connectivity index is 2.16. The number of nitrogens with one attached hydrogen (secondary N) is 1. The molecule has 4 nitrogen and oxygen atoms in total. The number of rotatable bonds is 1. The number of hydrogen-bond donors (Lipinski definition) is 2. The Morgan fingerprint density at radius 3 is 2.55 bits per heavy atom. The van der Waals surface area contributed by atoms with E-state index in [1.807, 2.05) is 0 Å². The van der Waals surface area contributed by atoms with E-state index in [0.717, 1.165) is 12.8 Å². The molecule has 1 saturated heterocycles. The number of carbonyl (C=O) groups excluding carboxylic acids is 1. The molecule has 0 aromatic heterocycles. The summed E-state index contributed by atoms with van der Waals surface area (Å²) < 4.78 is 0. The van der Waals surface area contributed by atoms with Gasteiger partial charge in [0.05, 0.1) is 0 Å². The monoisotopic (exact) mass is 155 g/mol. The minimum absolute atomic E-state index is 0.00361. The van der Waals surface area contributed by atoms with Crippen molar-refractivity contribution in [3.63, 3.8) is 0 Å². The topological polar surface area (TPSA) is 66.4 Å². The fraction of sp³-hybridized carbons (Fsp3) is 0.714. The van der Waals surface area contributed by atoms with Crippen LogP contribution in [0.5, 0.6) is 0 Å². The molecule has 0 aromatic rings. The Kier molecular flexibility index (Phi) is 1.19. The summed E-state index contributed by atoms with van der Waals surface area (Å²) in [7, 11) is 0. The predicted octanol–water partition coefficient (Wildman–Crippen LogP) is -0.404. The number of amides is 1. The maximum Gasteiger partial charge on any atom is 0.326 e. The third-order valence-electron chi connectivity index (χ3n) is 2.66. The first-order valence-corrected chi connectivity index (χ1v) is 3.73. The van der Waals surface area contributed by atoms with Crippen LogP contribution in [-0.4, -0.2) is 23.0 Å². The summed E-state index contributed by atoms with van der Waals surface area (Å²) in [6.45, 7) is 0. The van der Waals surface area contributed by atoms with Crippen LogP contribution < -0.4 is 5.32 Å². The highest BCUT2D eigenvalue weighted by atomic mass is 16.4. The van der Waals surface area contributed by atoms with E-state index >= 15 is 0 Å². The molecule has 2 aliphatic rings. The Morgan fingerprint density at radius 1 is 1.55 bits per heavy atom. The second-order valence-corrected chi connectivity index (χ2v) is 3.17. The molecule has 0 aromatic carbocycles. The van der Waals surface area contributed by atoms with Crippen LogP contribution in [-0.2, 0) is 9.59 Å². The first-order chi connectivity index (χ1) is 5.20. The Labute approximate surface area is 63.6 Å². The molecule has 1 heterocycles. The third kappa shape index (κ3) is 0.751. The largest absolute Gasteiger partial charge is 0.480 e. The zero-order valence-electron chi connectivity index (χ0n) is 5.91. The summed E-state index contributed by atoms with van der Waals surface area (Å²) in [6, 6.07) is -0.610. The summed E-state index contributed by atoms with van der Waals surface area (Å²) in [4.78, 5) is 21.5. The molecule has 2 N–H and O–H groups in total. The second-order valence-electron chi connectivity index (χ2n) is 3.17. The predicted molar refractivity (Wildman–Crippen MR) is 35.8 cm³/mol. The van der Waals surface area contributed by atoms with Crippen LogP contribution in [0.4, 0.5) is 0 Å². The van der Waals surface area contributed by atoms with Crippen molar-refractivity contribution in [2.45, 2.75) is 18.9 Å². The minimum atomic E-state index is -0.898. The van der Waals surface area contributed by atoms with Crippen LogP contribution in [0.15, 0.2) is 0 Å².